The van der Waals surface area contributed by atoms with Crippen LogP contribution in [0.4, 0.5) is 0 Å². The first-order valence-electron chi connectivity index (χ1n) is 20.2. The topological polar surface area (TPSA) is 25.8 Å². The molecule has 58 heavy (non-hydrogen) atoms. The van der Waals surface area contributed by atoms with Crippen LogP contribution in [0.25, 0.3) is 67.3 Å². The summed E-state index contributed by atoms with van der Waals surface area (Å²) < 4.78 is 0. The summed E-state index contributed by atoms with van der Waals surface area (Å²) in [6.45, 7) is 4.76. The minimum atomic E-state index is -0.425. The Morgan fingerprint density at radius 3 is 1.40 bits per heavy atom. The summed E-state index contributed by atoms with van der Waals surface area (Å²) >= 11 is 0. The zero-order valence-electron chi connectivity index (χ0n) is 32.5. The predicted molar refractivity (Wildman–Crippen MR) is 239 cm³/mol. The van der Waals surface area contributed by atoms with Gasteiger partial charge < -0.3 is 0 Å². The van der Waals surface area contributed by atoms with Crippen molar-refractivity contribution in [1.82, 2.24) is 9.97 Å². The van der Waals surface area contributed by atoms with Crippen LogP contribution in [-0.4, -0.2) is 9.97 Å². The number of hydrogen-bond donors (Lipinski definition) is 0. The minimum Gasteiger partial charge on any atom is -0.228 e. The maximum Gasteiger partial charge on any atom is 0.160 e. The molecule has 2 heteroatoms. The van der Waals surface area contributed by atoms with Crippen LogP contribution in [0.1, 0.15) is 47.2 Å². The highest BCUT2D eigenvalue weighted by Crippen LogP contribution is 2.63. The van der Waals surface area contributed by atoms with E-state index in [4.69, 9.17) is 9.97 Å². The largest absolute Gasteiger partial charge is 0.228 e. The van der Waals surface area contributed by atoms with Crippen molar-refractivity contribution in [1.29, 1.82) is 0 Å². The van der Waals surface area contributed by atoms with Crippen LogP contribution in [-0.2, 0) is 10.8 Å². The first kappa shape index (κ1) is 34.1. The molecule has 0 unspecified atom stereocenters. The first-order chi connectivity index (χ1) is 28.5. The molecule has 0 N–H and O–H groups in total. The van der Waals surface area contributed by atoms with Crippen LogP contribution in [0.2, 0.25) is 0 Å². The van der Waals surface area contributed by atoms with E-state index in [1.165, 1.54) is 55.6 Å². The van der Waals surface area contributed by atoms with Crippen LogP contribution >= 0.6 is 0 Å². The monoisotopic (exact) mass is 740 g/mol. The molecular formula is C56H40N2. The summed E-state index contributed by atoms with van der Waals surface area (Å²) in [5.74, 6) is 0.715. The van der Waals surface area contributed by atoms with Crippen molar-refractivity contribution in [3.63, 3.8) is 0 Å². The van der Waals surface area contributed by atoms with Crippen LogP contribution in [0.5, 0.6) is 0 Å². The summed E-state index contributed by atoms with van der Waals surface area (Å²) in [7, 11) is 0. The van der Waals surface area contributed by atoms with Crippen molar-refractivity contribution in [2.75, 3.05) is 0 Å². The number of rotatable bonds is 5. The third-order valence-electron chi connectivity index (χ3n) is 12.6. The molecule has 2 aliphatic carbocycles. The van der Waals surface area contributed by atoms with E-state index in [0.29, 0.717) is 5.82 Å². The highest BCUT2D eigenvalue weighted by Gasteiger charge is 2.53. The van der Waals surface area contributed by atoms with Crippen molar-refractivity contribution < 1.29 is 0 Å². The zero-order valence-corrected chi connectivity index (χ0v) is 32.5. The molecule has 0 fully saturated rings. The molecule has 0 atom stereocenters. The molecular weight excluding hydrogens is 701 g/mol. The van der Waals surface area contributed by atoms with Crippen LogP contribution in [0, 0.1) is 0 Å². The Kier molecular flexibility index (Phi) is 7.78. The Balaban J connectivity index is 1.06. The van der Waals surface area contributed by atoms with Gasteiger partial charge in [-0.3, -0.25) is 0 Å². The molecule has 1 aromatic heterocycles. The molecule has 274 valence electrons. The van der Waals surface area contributed by atoms with Crippen molar-refractivity contribution >= 4 is 0 Å². The van der Waals surface area contributed by atoms with E-state index in [2.05, 4.69) is 196 Å². The molecule has 2 nitrogen and oxygen atoms in total. The van der Waals surface area contributed by atoms with Gasteiger partial charge in [0, 0.05) is 22.1 Å². The van der Waals surface area contributed by atoms with Gasteiger partial charge in [-0.25, -0.2) is 9.97 Å². The van der Waals surface area contributed by atoms with Gasteiger partial charge >= 0.3 is 0 Å². The van der Waals surface area contributed by atoms with Crippen LogP contribution < -0.4 is 0 Å². The molecule has 0 bridgehead atoms. The van der Waals surface area contributed by atoms with Gasteiger partial charge in [0.1, 0.15) is 0 Å². The van der Waals surface area contributed by atoms with E-state index >= 15 is 0 Å². The quantitative estimate of drug-likeness (QED) is 0.176. The minimum absolute atomic E-state index is 0.130. The van der Waals surface area contributed by atoms with E-state index in [1.54, 1.807) is 0 Å². The molecule has 0 saturated carbocycles. The van der Waals surface area contributed by atoms with Gasteiger partial charge in [-0.1, -0.05) is 202 Å². The summed E-state index contributed by atoms with van der Waals surface area (Å²) in [6, 6.07) is 74.9. The second-order valence-electron chi connectivity index (χ2n) is 16.1. The van der Waals surface area contributed by atoms with Crippen molar-refractivity contribution in [2.45, 2.75) is 24.7 Å². The van der Waals surface area contributed by atoms with E-state index in [9.17, 15) is 0 Å². The van der Waals surface area contributed by atoms with E-state index < -0.39 is 5.41 Å². The fourth-order valence-corrected chi connectivity index (χ4v) is 9.94. The Hall–Kier alpha value is -7.16. The second kappa shape index (κ2) is 13.2. The lowest BCUT2D eigenvalue weighted by Gasteiger charge is -2.46. The average molecular weight is 741 g/mol. The Morgan fingerprint density at radius 1 is 0.310 bits per heavy atom. The van der Waals surface area contributed by atoms with E-state index in [-0.39, 0.29) is 5.41 Å². The highest BCUT2D eigenvalue weighted by molar-refractivity contribution is 5.97. The lowest BCUT2D eigenvalue weighted by molar-refractivity contribution is 0.563. The normalized spacial score (nSPS) is 14.0. The fraction of sp³-hybridized carbons (Fsp3) is 0.0714. The third-order valence-corrected chi connectivity index (χ3v) is 12.6. The van der Waals surface area contributed by atoms with Gasteiger partial charge in [-0.15, -0.1) is 0 Å². The predicted octanol–water partition coefficient (Wildman–Crippen LogP) is 13.8. The average Bonchev–Trinajstić information content (AvgIpc) is 3.60. The molecule has 1 heterocycles. The number of hydrogen-bond acceptors (Lipinski definition) is 2. The lowest BCUT2D eigenvalue weighted by atomic mass is 9.55. The van der Waals surface area contributed by atoms with Gasteiger partial charge in [0.2, 0.25) is 0 Å². The number of nitrogens with zero attached hydrogens (tertiary/aromatic N) is 2. The van der Waals surface area contributed by atoms with Crippen molar-refractivity contribution in [3.8, 4) is 67.3 Å². The van der Waals surface area contributed by atoms with Crippen molar-refractivity contribution in [2.24, 2.45) is 0 Å². The molecule has 1 spiro atoms. The molecule has 0 amide bonds. The first-order valence-corrected chi connectivity index (χ1v) is 20.2. The number of benzene rings is 8. The van der Waals surface area contributed by atoms with Gasteiger partial charge in [-0.2, -0.15) is 0 Å². The van der Waals surface area contributed by atoms with Crippen LogP contribution in [0.15, 0.2) is 206 Å². The fourth-order valence-electron chi connectivity index (χ4n) is 9.94. The molecule has 8 aromatic carbocycles. The van der Waals surface area contributed by atoms with Gasteiger partial charge in [-0.05, 0) is 85.0 Å². The Morgan fingerprint density at radius 2 is 0.741 bits per heavy atom. The number of aromatic nitrogens is 2. The second-order valence-corrected chi connectivity index (χ2v) is 16.1. The van der Waals surface area contributed by atoms with Gasteiger partial charge in [0.05, 0.1) is 16.8 Å². The smallest absolute Gasteiger partial charge is 0.160 e. The Labute approximate surface area is 340 Å². The maximum absolute atomic E-state index is 5.13. The molecule has 0 saturated heterocycles. The lowest BCUT2D eigenvalue weighted by Crippen LogP contribution is -2.40. The molecule has 0 aliphatic heterocycles. The van der Waals surface area contributed by atoms with Crippen molar-refractivity contribution in [3.05, 3.63) is 240 Å². The SMILES string of the molecule is CC1(C)c2ccccc2C2(c3ccccc3-c3c(-c4cccc(-c5cccc(-c6cc(-c7ccccc7)nc(-c7ccccc7)n6)c5)c4)cccc32)c2ccccc21. The van der Waals surface area contributed by atoms with Crippen LogP contribution in [0.3, 0.4) is 0 Å². The summed E-state index contributed by atoms with van der Waals surface area (Å²) in [5.41, 5.74) is 19.9. The molecule has 9 aromatic rings. The Bertz CT molecular complexity index is 2920. The summed E-state index contributed by atoms with van der Waals surface area (Å²) in [4.78, 5) is 10.2. The van der Waals surface area contributed by atoms with E-state index in [0.717, 1.165) is 39.2 Å². The van der Waals surface area contributed by atoms with Gasteiger partial charge in [0.15, 0.2) is 5.82 Å². The zero-order chi connectivity index (χ0) is 38.8. The number of fused-ring (bicyclic) bond motifs is 9. The van der Waals surface area contributed by atoms with E-state index in [1.807, 2.05) is 24.3 Å². The molecule has 11 rings (SSSR count). The third kappa shape index (κ3) is 5.11. The molecule has 2 aliphatic rings. The summed E-state index contributed by atoms with van der Waals surface area (Å²) in [5, 5.41) is 0. The van der Waals surface area contributed by atoms with Gasteiger partial charge in [0.25, 0.3) is 0 Å². The highest BCUT2D eigenvalue weighted by atomic mass is 14.9. The maximum atomic E-state index is 5.13. The standard InChI is InChI=1S/C56H40N2/c1-55(2)46-29-11-13-31-48(46)56(49-32-14-12-30-47(49)55)45-28-10-9-26-44(45)53-43(27-17-33-50(53)56)41-24-15-22-39(34-41)40-23-16-25-42(35-40)52-36-51(37-18-5-3-6-19-37)57-54(58-52)38-20-7-4-8-21-38/h3-36H,1-2H3. The molecule has 0 radical (unpaired) electrons. The summed E-state index contributed by atoms with van der Waals surface area (Å²) in [6.07, 6.45) is 0.